The normalized spacial score (nSPS) is 15.6. The van der Waals surface area contributed by atoms with Crippen LogP contribution in [0.4, 0.5) is 5.13 Å². The smallest absolute Gasteiger partial charge is 0.259 e. The number of carbonyl (C=O) groups is 1. The Hall–Kier alpha value is -2.37. The number of amides is 1. The third-order valence-electron chi connectivity index (χ3n) is 5.23. The lowest BCUT2D eigenvalue weighted by molar-refractivity contribution is 0.102. The number of benzene rings is 2. The highest BCUT2D eigenvalue weighted by molar-refractivity contribution is 7.89. The van der Waals surface area contributed by atoms with E-state index in [1.54, 1.807) is 0 Å². The SMILES string of the molecule is Cc1ccc(-c2nnc(NC(=O)c3cc(S(=O)(=O)N4CCN(C)CC4)ccc3Cl)s2)cc1. The maximum Gasteiger partial charge on any atom is 0.259 e. The first-order chi connectivity index (χ1) is 15.2. The molecular weight excluding hydrogens is 470 g/mol. The van der Waals surface area contributed by atoms with Crippen molar-refractivity contribution in [2.24, 2.45) is 0 Å². The molecule has 1 aliphatic rings. The minimum absolute atomic E-state index is 0.0363. The van der Waals surface area contributed by atoms with Gasteiger partial charge >= 0.3 is 0 Å². The zero-order chi connectivity index (χ0) is 22.9. The van der Waals surface area contributed by atoms with Crippen LogP contribution in [0.5, 0.6) is 0 Å². The minimum Gasteiger partial charge on any atom is -0.304 e. The molecule has 1 aromatic heterocycles. The predicted octanol–water partition coefficient (Wildman–Crippen LogP) is 3.36. The van der Waals surface area contributed by atoms with E-state index in [2.05, 4.69) is 20.4 Å². The van der Waals surface area contributed by atoms with Gasteiger partial charge in [-0.1, -0.05) is 52.8 Å². The molecule has 1 saturated heterocycles. The number of nitrogens with one attached hydrogen (secondary N) is 1. The van der Waals surface area contributed by atoms with E-state index in [1.807, 2.05) is 38.2 Å². The van der Waals surface area contributed by atoms with E-state index in [0.29, 0.717) is 36.3 Å². The van der Waals surface area contributed by atoms with E-state index in [4.69, 9.17) is 11.6 Å². The summed E-state index contributed by atoms with van der Waals surface area (Å²) in [6, 6.07) is 12.0. The molecule has 0 aliphatic carbocycles. The highest BCUT2D eigenvalue weighted by atomic mass is 35.5. The maximum atomic E-state index is 13.0. The van der Waals surface area contributed by atoms with Crippen molar-refractivity contribution >= 4 is 44.0 Å². The van der Waals surface area contributed by atoms with Gasteiger partial charge in [-0.05, 0) is 32.2 Å². The molecule has 2 aromatic carbocycles. The molecule has 0 radical (unpaired) electrons. The second-order valence-corrected chi connectivity index (χ2v) is 10.9. The van der Waals surface area contributed by atoms with Gasteiger partial charge in [-0.15, -0.1) is 10.2 Å². The van der Waals surface area contributed by atoms with Gasteiger partial charge in [0.1, 0.15) is 5.01 Å². The van der Waals surface area contributed by atoms with Crippen molar-refractivity contribution in [3.05, 3.63) is 58.6 Å². The summed E-state index contributed by atoms with van der Waals surface area (Å²) in [5.41, 5.74) is 2.09. The van der Waals surface area contributed by atoms with Gasteiger partial charge in [0, 0.05) is 31.7 Å². The third-order valence-corrected chi connectivity index (χ3v) is 8.34. The number of halogens is 1. The number of aromatic nitrogens is 2. The van der Waals surface area contributed by atoms with Crippen molar-refractivity contribution in [3.8, 4) is 10.6 Å². The topological polar surface area (TPSA) is 95.5 Å². The summed E-state index contributed by atoms with van der Waals surface area (Å²) >= 11 is 7.44. The van der Waals surface area contributed by atoms with Crippen molar-refractivity contribution < 1.29 is 13.2 Å². The van der Waals surface area contributed by atoms with Crippen LogP contribution in [0.3, 0.4) is 0 Å². The van der Waals surface area contributed by atoms with Crippen LogP contribution in [0.25, 0.3) is 10.6 Å². The van der Waals surface area contributed by atoms with Crippen LogP contribution in [-0.4, -0.2) is 67.0 Å². The van der Waals surface area contributed by atoms with E-state index in [0.717, 1.165) is 11.1 Å². The van der Waals surface area contributed by atoms with Gasteiger partial charge in [-0.2, -0.15) is 4.31 Å². The highest BCUT2D eigenvalue weighted by Gasteiger charge is 2.28. The Bertz CT molecular complexity index is 1240. The van der Waals surface area contributed by atoms with E-state index in [9.17, 15) is 13.2 Å². The van der Waals surface area contributed by atoms with Gasteiger partial charge in [0.05, 0.1) is 15.5 Å². The zero-order valence-corrected chi connectivity index (χ0v) is 20.0. The number of rotatable bonds is 5. The molecule has 0 atom stereocenters. The van der Waals surface area contributed by atoms with Crippen molar-refractivity contribution in [1.82, 2.24) is 19.4 Å². The van der Waals surface area contributed by atoms with E-state index < -0.39 is 15.9 Å². The second kappa shape index (κ2) is 9.24. The maximum absolute atomic E-state index is 13.0. The van der Waals surface area contributed by atoms with Crippen LogP contribution in [0.15, 0.2) is 47.4 Å². The molecule has 0 saturated carbocycles. The molecule has 1 fully saturated rings. The summed E-state index contributed by atoms with van der Waals surface area (Å²) in [6.07, 6.45) is 0. The molecule has 0 unspecified atom stereocenters. The Labute approximate surface area is 195 Å². The van der Waals surface area contributed by atoms with Gasteiger partial charge in [-0.3, -0.25) is 10.1 Å². The number of aryl methyl sites for hydroxylation is 1. The Balaban J connectivity index is 1.54. The van der Waals surface area contributed by atoms with Gasteiger partial charge in [0.15, 0.2) is 0 Å². The first-order valence-corrected chi connectivity index (χ1v) is 12.6. The molecule has 0 bridgehead atoms. The molecule has 168 valence electrons. The third kappa shape index (κ3) is 4.84. The summed E-state index contributed by atoms with van der Waals surface area (Å²) in [5.74, 6) is -0.544. The molecule has 2 heterocycles. The summed E-state index contributed by atoms with van der Waals surface area (Å²) in [6.45, 7) is 4.10. The standard InChI is InChI=1S/C21H22ClN5O3S2/c1-14-3-5-15(6-4-14)20-24-25-21(31-20)23-19(28)17-13-16(7-8-18(17)22)32(29,30)27-11-9-26(2)10-12-27/h3-8,13H,9-12H2,1-2H3,(H,23,25,28). The lowest BCUT2D eigenvalue weighted by Gasteiger charge is -2.31. The lowest BCUT2D eigenvalue weighted by atomic mass is 10.2. The average molecular weight is 492 g/mol. The van der Waals surface area contributed by atoms with E-state index in [-0.39, 0.29) is 15.5 Å². The molecular formula is C21H22ClN5O3S2. The summed E-state index contributed by atoms with van der Waals surface area (Å²) < 4.78 is 27.5. The number of carbonyl (C=O) groups excluding carboxylic acids is 1. The van der Waals surface area contributed by atoms with Crippen LogP contribution in [0.1, 0.15) is 15.9 Å². The molecule has 4 rings (SSSR count). The predicted molar refractivity (Wildman–Crippen MR) is 126 cm³/mol. The summed E-state index contributed by atoms with van der Waals surface area (Å²) in [7, 11) is -1.77. The number of likely N-dealkylation sites (N-methyl/N-ethyl adjacent to an activating group) is 1. The quantitative estimate of drug-likeness (QED) is 0.588. The minimum atomic E-state index is -3.72. The first-order valence-electron chi connectivity index (χ1n) is 9.94. The number of anilines is 1. The molecule has 32 heavy (non-hydrogen) atoms. The zero-order valence-electron chi connectivity index (χ0n) is 17.6. The van der Waals surface area contributed by atoms with Crippen LogP contribution in [0.2, 0.25) is 5.02 Å². The second-order valence-electron chi connectivity index (χ2n) is 7.58. The number of sulfonamides is 1. The molecule has 3 aromatic rings. The Morgan fingerprint density at radius 2 is 1.75 bits per heavy atom. The Kier molecular flexibility index (Phi) is 6.59. The molecule has 1 amide bonds. The van der Waals surface area contributed by atoms with Gasteiger partial charge in [-0.25, -0.2) is 8.42 Å². The largest absolute Gasteiger partial charge is 0.304 e. The fourth-order valence-corrected chi connectivity index (χ4v) is 5.66. The summed E-state index contributed by atoms with van der Waals surface area (Å²) in [5, 5.41) is 11.9. The first kappa shape index (κ1) is 22.8. The van der Waals surface area contributed by atoms with Crippen molar-refractivity contribution in [2.75, 3.05) is 38.5 Å². The van der Waals surface area contributed by atoms with Crippen LogP contribution >= 0.6 is 22.9 Å². The van der Waals surface area contributed by atoms with Crippen molar-refractivity contribution in [2.45, 2.75) is 11.8 Å². The van der Waals surface area contributed by atoms with Crippen molar-refractivity contribution in [1.29, 1.82) is 0 Å². The van der Waals surface area contributed by atoms with Gasteiger partial charge < -0.3 is 4.90 Å². The Morgan fingerprint density at radius 3 is 2.44 bits per heavy atom. The number of hydrogen-bond acceptors (Lipinski definition) is 7. The number of nitrogens with zero attached hydrogens (tertiary/aromatic N) is 4. The Morgan fingerprint density at radius 1 is 1.06 bits per heavy atom. The summed E-state index contributed by atoms with van der Waals surface area (Å²) in [4.78, 5) is 15.0. The lowest BCUT2D eigenvalue weighted by Crippen LogP contribution is -2.47. The van der Waals surface area contributed by atoms with Gasteiger partial charge in [0.2, 0.25) is 15.2 Å². The van der Waals surface area contributed by atoms with Crippen molar-refractivity contribution in [3.63, 3.8) is 0 Å². The molecule has 11 heteroatoms. The number of piperazine rings is 1. The van der Waals surface area contributed by atoms with Gasteiger partial charge in [0.25, 0.3) is 5.91 Å². The fraction of sp³-hybridized carbons (Fsp3) is 0.286. The van der Waals surface area contributed by atoms with E-state index in [1.165, 1.54) is 33.8 Å². The fourth-order valence-electron chi connectivity index (χ4n) is 3.27. The number of hydrogen-bond donors (Lipinski definition) is 1. The van der Waals surface area contributed by atoms with Crippen LogP contribution in [-0.2, 0) is 10.0 Å². The van der Waals surface area contributed by atoms with E-state index >= 15 is 0 Å². The monoisotopic (exact) mass is 491 g/mol. The average Bonchev–Trinajstić information content (AvgIpc) is 3.23. The molecule has 8 nitrogen and oxygen atoms in total. The van der Waals surface area contributed by atoms with Crippen LogP contribution in [0, 0.1) is 6.92 Å². The molecule has 1 N–H and O–H groups in total. The molecule has 0 spiro atoms. The molecule has 1 aliphatic heterocycles. The van der Waals surface area contributed by atoms with Crippen LogP contribution < -0.4 is 5.32 Å². The highest BCUT2D eigenvalue weighted by Crippen LogP contribution is 2.28.